The molecule has 172 valence electrons. The highest BCUT2D eigenvalue weighted by molar-refractivity contribution is 5.89. The predicted octanol–water partition coefficient (Wildman–Crippen LogP) is 1.92. The third-order valence-electron chi connectivity index (χ3n) is 6.07. The SMILES string of the molecule is CC(C)C[C@H](C(=O)N1CCNC[C@]1(C)c1ccc(-c2ccccc2)cn1)[C@H](O)C(=O)NO. The summed E-state index contributed by atoms with van der Waals surface area (Å²) in [5, 5.41) is 22.8. The molecule has 0 spiro atoms. The van der Waals surface area contributed by atoms with E-state index in [2.05, 4.69) is 10.3 Å². The Hall–Kier alpha value is -2.81. The van der Waals surface area contributed by atoms with Gasteiger partial charge in [-0.15, -0.1) is 0 Å². The summed E-state index contributed by atoms with van der Waals surface area (Å²) in [4.78, 5) is 31.9. The fourth-order valence-corrected chi connectivity index (χ4v) is 4.28. The van der Waals surface area contributed by atoms with E-state index in [1.54, 1.807) is 11.1 Å². The van der Waals surface area contributed by atoms with E-state index >= 15 is 0 Å². The van der Waals surface area contributed by atoms with E-state index < -0.39 is 23.5 Å². The summed E-state index contributed by atoms with van der Waals surface area (Å²) in [6.07, 6.45) is 0.475. The maximum absolute atomic E-state index is 13.6. The van der Waals surface area contributed by atoms with Crippen molar-refractivity contribution in [2.75, 3.05) is 19.6 Å². The molecule has 3 rings (SSSR count). The van der Waals surface area contributed by atoms with E-state index in [4.69, 9.17) is 5.21 Å². The zero-order valence-corrected chi connectivity index (χ0v) is 18.8. The van der Waals surface area contributed by atoms with Crippen LogP contribution in [0.15, 0.2) is 48.7 Å². The Balaban J connectivity index is 1.92. The second-order valence-corrected chi connectivity index (χ2v) is 8.90. The molecule has 2 aromatic rings. The summed E-state index contributed by atoms with van der Waals surface area (Å²) in [6, 6.07) is 13.8. The molecule has 1 fully saturated rings. The number of hydrogen-bond acceptors (Lipinski definition) is 6. The lowest BCUT2D eigenvalue weighted by Crippen LogP contribution is -2.62. The van der Waals surface area contributed by atoms with Crippen LogP contribution in [0.5, 0.6) is 0 Å². The summed E-state index contributed by atoms with van der Waals surface area (Å²) >= 11 is 0. The molecule has 2 heterocycles. The van der Waals surface area contributed by atoms with Crippen molar-refractivity contribution >= 4 is 11.8 Å². The maximum Gasteiger partial charge on any atom is 0.272 e. The van der Waals surface area contributed by atoms with Gasteiger partial charge in [-0.3, -0.25) is 19.8 Å². The number of piperazine rings is 1. The standard InChI is InChI=1S/C24H32N4O4/c1-16(2)13-19(21(29)22(30)27-32)23(31)28-12-11-25-15-24(28,3)20-10-9-18(14-26-20)17-7-5-4-6-8-17/h4-10,14,16,19,21,25,29,32H,11-13,15H2,1-3H3,(H,27,30)/t19-,21-,24+/m0/s1. The number of carbonyl (C=O) groups is 2. The molecule has 1 aromatic heterocycles. The maximum atomic E-state index is 13.6. The van der Waals surface area contributed by atoms with Gasteiger partial charge in [0.1, 0.15) is 6.10 Å². The quantitative estimate of drug-likeness (QED) is 0.386. The molecule has 0 bridgehead atoms. The first kappa shape index (κ1) is 23.8. The third kappa shape index (κ3) is 4.98. The highest BCUT2D eigenvalue weighted by Crippen LogP contribution is 2.32. The van der Waals surface area contributed by atoms with Crippen LogP contribution >= 0.6 is 0 Å². The van der Waals surface area contributed by atoms with Gasteiger partial charge < -0.3 is 15.3 Å². The highest BCUT2D eigenvalue weighted by Gasteiger charge is 2.45. The number of carbonyl (C=O) groups excluding carboxylic acids is 2. The molecule has 8 nitrogen and oxygen atoms in total. The van der Waals surface area contributed by atoms with Crippen molar-refractivity contribution in [2.24, 2.45) is 11.8 Å². The molecule has 0 aliphatic carbocycles. The lowest BCUT2D eigenvalue weighted by atomic mass is 9.86. The van der Waals surface area contributed by atoms with Crippen LogP contribution in [0.4, 0.5) is 0 Å². The van der Waals surface area contributed by atoms with Crippen LogP contribution in [-0.2, 0) is 15.1 Å². The first-order valence-electron chi connectivity index (χ1n) is 10.9. The fourth-order valence-electron chi connectivity index (χ4n) is 4.28. The number of aliphatic hydroxyl groups excluding tert-OH is 1. The second kappa shape index (κ2) is 10.2. The Bertz CT molecular complexity index is 919. The van der Waals surface area contributed by atoms with E-state index in [9.17, 15) is 14.7 Å². The van der Waals surface area contributed by atoms with E-state index in [1.807, 2.05) is 63.2 Å². The minimum atomic E-state index is -1.64. The van der Waals surface area contributed by atoms with Gasteiger partial charge in [0.25, 0.3) is 5.91 Å². The summed E-state index contributed by atoms with van der Waals surface area (Å²) in [7, 11) is 0. The van der Waals surface area contributed by atoms with E-state index in [1.165, 1.54) is 5.48 Å². The second-order valence-electron chi connectivity index (χ2n) is 8.90. The number of nitrogens with one attached hydrogen (secondary N) is 2. The molecule has 1 aliphatic rings. The topological polar surface area (TPSA) is 115 Å². The molecule has 2 amide bonds. The van der Waals surface area contributed by atoms with Gasteiger partial charge in [0.05, 0.1) is 17.2 Å². The summed E-state index contributed by atoms with van der Waals surface area (Å²) in [5.41, 5.74) is 3.47. The molecule has 32 heavy (non-hydrogen) atoms. The highest BCUT2D eigenvalue weighted by atomic mass is 16.5. The molecular formula is C24H32N4O4. The predicted molar refractivity (Wildman–Crippen MR) is 120 cm³/mol. The number of aliphatic hydroxyl groups is 1. The van der Waals surface area contributed by atoms with Gasteiger partial charge in [0.15, 0.2) is 0 Å². The largest absolute Gasteiger partial charge is 0.382 e. The lowest BCUT2D eigenvalue weighted by molar-refractivity contribution is -0.156. The molecule has 1 aromatic carbocycles. The molecule has 1 aliphatic heterocycles. The Morgan fingerprint density at radius 2 is 1.91 bits per heavy atom. The van der Waals surface area contributed by atoms with Gasteiger partial charge in [-0.25, -0.2) is 5.48 Å². The molecule has 8 heteroatoms. The number of hydrogen-bond donors (Lipinski definition) is 4. The third-order valence-corrected chi connectivity index (χ3v) is 6.07. The van der Waals surface area contributed by atoms with Gasteiger partial charge in [0.2, 0.25) is 5.91 Å². The molecule has 1 saturated heterocycles. The Morgan fingerprint density at radius 1 is 1.19 bits per heavy atom. The number of rotatable bonds is 7. The van der Waals surface area contributed by atoms with Crippen LogP contribution in [0.25, 0.3) is 11.1 Å². The lowest BCUT2D eigenvalue weighted by Gasteiger charge is -2.46. The van der Waals surface area contributed by atoms with Crippen molar-refractivity contribution in [3.8, 4) is 11.1 Å². The zero-order valence-electron chi connectivity index (χ0n) is 18.8. The molecule has 0 radical (unpaired) electrons. The van der Waals surface area contributed by atoms with Gasteiger partial charge in [0, 0.05) is 31.4 Å². The summed E-state index contributed by atoms with van der Waals surface area (Å²) in [6.45, 7) is 7.29. The molecule has 4 N–H and O–H groups in total. The van der Waals surface area contributed by atoms with E-state index in [0.717, 1.165) is 16.8 Å². The van der Waals surface area contributed by atoms with Crippen LogP contribution in [0.1, 0.15) is 32.9 Å². The monoisotopic (exact) mass is 440 g/mol. The van der Waals surface area contributed by atoms with Crippen LogP contribution in [-0.4, -0.2) is 57.8 Å². The average molecular weight is 441 g/mol. The average Bonchev–Trinajstić information content (AvgIpc) is 2.82. The zero-order chi connectivity index (χ0) is 23.3. The molecule has 0 saturated carbocycles. The number of nitrogens with zero attached hydrogens (tertiary/aromatic N) is 2. The van der Waals surface area contributed by atoms with Crippen molar-refractivity contribution in [3.05, 3.63) is 54.4 Å². The minimum absolute atomic E-state index is 0.0718. The fraction of sp³-hybridized carbons (Fsp3) is 0.458. The Kier molecular flexibility index (Phi) is 7.60. The van der Waals surface area contributed by atoms with Gasteiger partial charge in [-0.2, -0.15) is 0 Å². The van der Waals surface area contributed by atoms with E-state index in [0.29, 0.717) is 26.1 Å². The Morgan fingerprint density at radius 3 is 2.50 bits per heavy atom. The van der Waals surface area contributed by atoms with Crippen LogP contribution in [0.3, 0.4) is 0 Å². The molecular weight excluding hydrogens is 408 g/mol. The molecule has 3 atom stereocenters. The Labute approximate surface area is 188 Å². The van der Waals surface area contributed by atoms with Crippen molar-refractivity contribution in [2.45, 2.75) is 38.8 Å². The minimum Gasteiger partial charge on any atom is -0.382 e. The number of pyridine rings is 1. The number of benzene rings is 1. The normalized spacial score (nSPS) is 20.6. The van der Waals surface area contributed by atoms with Crippen molar-refractivity contribution < 1.29 is 19.9 Å². The van der Waals surface area contributed by atoms with Gasteiger partial charge in [-0.1, -0.05) is 50.2 Å². The van der Waals surface area contributed by atoms with Gasteiger partial charge >= 0.3 is 0 Å². The van der Waals surface area contributed by atoms with Crippen LogP contribution in [0, 0.1) is 11.8 Å². The number of amides is 2. The first-order valence-corrected chi connectivity index (χ1v) is 10.9. The summed E-state index contributed by atoms with van der Waals surface area (Å²) < 4.78 is 0. The van der Waals surface area contributed by atoms with Crippen molar-refractivity contribution in [1.29, 1.82) is 0 Å². The van der Waals surface area contributed by atoms with Crippen molar-refractivity contribution in [3.63, 3.8) is 0 Å². The number of aromatic nitrogens is 1. The van der Waals surface area contributed by atoms with Crippen molar-refractivity contribution in [1.82, 2.24) is 20.7 Å². The van der Waals surface area contributed by atoms with Crippen LogP contribution < -0.4 is 10.8 Å². The smallest absolute Gasteiger partial charge is 0.272 e. The molecule has 0 unspecified atom stereocenters. The van der Waals surface area contributed by atoms with E-state index in [-0.39, 0.29) is 11.8 Å². The van der Waals surface area contributed by atoms with Gasteiger partial charge in [-0.05, 0) is 30.9 Å². The summed E-state index contributed by atoms with van der Waals surface area (Å²) in [5.74, 6) is -2.20. The first-order chi connectivity index (χ1) is 15.3. The number of hydroxylamine groups is 1. The van der Waals surface area contributed by atoms with Crippen LogP contribution in [0.2, 0.25) is 0 Å².